The summed E-state index contributed by atoms with van der Waals surface area (Å²) in [4.78, 5) is 37.9. The Hall–Kier alpha value is -3.26. The maximum absolute atomic E-state index is 15.8. The third-order valence-corrected chi connectivity index (χ3v) is 8.28. The van der Waals surface area contributed by atoms with Gasteiger partial charge in [0.25, 0.3) is 0 Å². The lowest BCUT2D eigenvalue weighted by atomic mass is 9.78. The van der Waals surface area contributed by atoms with Crippen molar-refractivity contribution < 1.29 is 18.8 Å². The monoisotopic (exact) mass is 597 g/mol. The minimum atomic E-state index is -0.976. The highest BCUT2D eigenvalue weighted by atomic mass is 35.5. The molecule has 9 heteroatoms. The molecule has 0 aromatic heterocycles. The number of carbonyl (C=O) groups excluding carboxylic acids is 3. The van der Waals surface area contributed by atoms with Gasteiger partial charge in [0.1, 0.15) is 5.82 Å². The van der Waals surface area contributed by atoms with Crippen LogP contribution in [0.1, 0.15) is 79.8 Å². The zero-order chi connectivity index (χ0) is 29.6. The Morgan fingerprint density at radius 2 is 1.71 bits per heavy atom. The molecule has 0 radical (unpaired) electrons. The van der Waals surface area contributed by atoms with Gasteiger partial charge >= 0.3 is 0 Å². The van der Waals surface area contributed by atoms with Crippen LogP contribution in [0.15, 0.2) is 60.7 Å². The molecule has 3 aromatic rings. The van der Waals surface area contributed by atoms with Crippen molar-refractivity contribution in [1.82, 2.24) is 5.32 Å². The van der Waals surface area contributed by atoms with Crippen LogP contribution in [0.25, 0.3) is 0 Å². The fraction of sp³-hybridized carbons (Fsp3) is 0.344. The molecule has 3 N–H and O–H groups in total. The van der Waals surface area contributed by atoms with Gasteiger partial charge in [0.15, 0.2) is 5.78 Å². The van der Waals surface area contributed by atoms with E-state index in [2.05, 4.69) is 22.9 Å². The van der Waals surface area contributed by atoms with E-state index < -0.39 is 29.2 Å². The van der Waals surface area contributed by atoms with Gasteiger partial charge in [0, 0.05) is 39.8 Å². The van der Waals surface area contributed by atoms with Gasteiger partial charge in [-0.2, -0.15) is 0 Å². The smallest absolute Gasteiger partial charge is 0.242 e. The Labute approximate surface area is 250 Å². The van der Waals surface area contributed by atoms with Crippen LogP contribution in [0.5, 0.6) is 0 Å². The second kappa shape index (κ2) is 13.6. The van der Waals surface area contributed by atoms with Crippen LogP contribution in [-0.2, 0) is 9.59 Å². The predicted molar refractivity (Wildman–Crippen MR) is 162 cm³/mol. The third-order valence-electron chi connectivity index (χ3n) is 7.75. The zero-order valence-electron chi connectivity index (χ0n) is 23.1. The highest BCUT2D eigenvalue weighted by Gasteiger charge is 2.40. The maximum Gasteiger partial charge on any atom is 0.242 e. The number of ketones is 1. The summed E-state index contributed by atoms with van der Waals surface area (Å²) >= 11 is 12.5. The molecule has 0 spiro atoms. The minimum absolute atomic E-state index is 0.00193. The molecule has 2 amide bonds. The summed E-state index contributed by atoms with van der Waals surface area (Å²) in [6, 6.07) is 15.3. The van der Waals surface area contributed by atoms with Gasteiger partial charge in [0.2, 0.25) is 12.3 Å². The molecule has 0 aliphatic heterocycles. The van der Waals surface area contributed by atoms with Crippen LogP contribution in [0.4, 0.5) is 15.8 Å². The first-order valence-electron chi connectivity index (χ1n) is 13.8. The topological polar surface area (TPSA) is 87.3 Å². The van der Waals surface area contributed by atoms with Crippen LogP contribution >= 0.6 is 23.2 Å². The fourth-order valence-corrected chi connectivity index (χ4v) is 5.95. The number of carbonyl (C=O) groups is 3. The molecule has 0 saturated heterocycles. The third kappa shape index (κ3) is 7.34. The summed E-state index contributed by atoms with van der Waals surface area (Å²) in [6.07, 6.45) is 5.69. The second-order valence-electron chi connectivity index (χ2n) is 10.7. The minimum Gasteiger partial charge on any atom is -0.328 e. The molecule has 1 aliphatic rings. The lowest BCUT2D eigenvalue weighted by Crippen LogP contribution is -2.56. The van der Waals surface area contributed by atoms with E-state index in [0.29, 0.717) is 40.4 Å². The number of hydrogen-bond donors (Lipinski definition) is 3. The molecular formula is C32H34Cl2FN3O3. The van der Waals surface area contributed by atoms with E-state index in [0.717, 1.165) is 32.1 Å². The molecule has 1 saturated carbocycles. The SMILES string of the molecule is CCC(=O)c1ccc(NC(=O)[C@H](NC2(C)CCCCC2)[C@@H](c2ccc(Cl)cc2NC=O)c2cccc(Cl)c2F)cc1. The van der Waals surface area contributed by atoms with E-state index in [1.807, 2.05) is 0 Å². The van der Waals surface area contributed by atoms with Gasteiger partial charge in [-0.25, -0.2) is 4.39 Å². The van der Waals surface area contributed by atoms with Gasteiger partial charge < -0.3 is 10.6 Å². The number of hydrogen-bond acceptors (Lipinski definition) is 4. The molecular weight excluding hydrogens is 564 g/mol. The highest BCUT2D eigenvalue weighted by Crippen LogP contribution is 2.40. The predicted octanol–water partition coefficient (Wildman–Crippen LogP) is 7.75. The number of Topliss-reactive ketones (excluding diaryl/α,β-unsaturated/α-hetero) is 1. The summed E-state index contributed by atoms with van der Waals surface area (Å²) < 4.78 is 15.8. The normalized spacial score (nSPS) is 15.9. The summed E-state index contributed by atoms with van der Waals surface area (Å²) in [5.74, 6) is -1.94. The van der Waals surface area contributed by atoms with Crippen LogP contribution < -0.4 is 16.0 Å². The van der Waals surface area contributed by atoms with Gasteiger partial charge in [-0.05, 0) is 73.4 Å². The van der Waals surface area contributed by atoms with Crippen LogP contribution in [0.2, 0.25) is 10.0 Å². The maximum atomic E-state index is 15.8. The first kappa shape index (κ1) is 30.7. The Morgan fingerprint density at radius 1 is 1.00 bits per heavy atom. The molecule has 0 bridgehead atoms. The lowest BCUT2D eigenvalue weighted by molar-refractivity contribution is -0.119. The van der Waals surface area contributed by atoms with Crippen LogP contribution in [0, 0.1) is 5.82 Å². The number of rotatable bonds is 11. The van der Waals surface area contributed by atoms with Crippen molar-refractivity contribution in [3.8, 4) is 0 Å². The molecule has 41 heavy (non-hydrogen) atoms. The summed E-state index contributed by atoms with van der Waals surface area (Å²) in [5.41, 5.74) is 1.71. The standard InChI is InChI=1S/C32H34Cl2FN3O3/c1-3-27(40)20-10-13-22(14-11-20)37-31(41)30(38-32(2)16-5-4-6-17-32)28(24-8-7-9-25(34)29(24)35)23-15-12-21(33)18-26(23)36-19-39/h7-15,18-19,28,30,38H,3-6,16-17H2,1-2H3,(H,36,39)(H,37,41)/t28-,30+/m0/s1. The average Bonchev–Trinajstić information content (AvgIpc) is 2.96. The zero-order valence-corrected chi connectivity index (χ0v) is 24.6. The van der Waals surface area contributed by atoms with Crippen molar-refractivity contribution >= 4 is 52.7 Å². The van der Waals surface area contributed by atoms with E-state index in [-0.39, 0.29) is 16.4 Å². The summed E-state index contributed by atoms with van der Waals surface area (Å²) in [5, 5.41) is 9.52. The van der Waals surface area contributed by atoms with Crippen LogP contribution in [-0.4, -0.2) is 29.7 Å². The molecule has 0 heterocycles. The van der Waals surface area contributed by atoms with E-state index in [4.69, 9.17) is 23.2 Å². The van der Waals surface area contributed by atoms with Crippen molar-refractivity contribution in [3.63, 3.8) is 0 Å². The molecule has 1 fully saturated rings. The first-order chi connectivity index (χ1) is 19.7. The van der Waals surface area contributed by atoms with Gasteiger partial charge in [-0.15, -0.1) is 0 Å². The van der Waals surface area contributed by atoms with Crippen molar-refractivity contribution in [2.45, 2.75) is 69.9 Å². The Morgan fingerprint density at radius 3 is 2.37 bits per heavy atom. The Kier molecular flexibility index (Phi) is 10.2. The van der Waals surface area contributed by atoms with Gasteiger partial charge in [0.05, 0.1) is 11.1 Å². The average molecular weight is 599 g/mol. The first-order valence-corrected chi connectivity index (χ1v) is 14.6. The Bertz CT molecular complexity index is 1410. The van der Waals surface area contributed by atoms with Gasteiger partial charge in [-0.1, -0.05) is 67.6 Å². The van der Waals surface area contributed by atoms with Crippen LogP contribution in [0.3, 0.4) is 0 Å². The molecule has 0 unspecified atom stereocenters. The summed E-state index contributed by atoms with van der Waals surface area (Å²) in [6.45, 7) is 3.87. The second-order valence-corrected chi connectivity index (χ2v) is 11.5. The van der Waals surface area contributed by atoms with E-state index >= 15 is 4.39 Å². The summed E-state index contributed by atoms with van der Waals surface area (Å²) in [7, 11) is 0. The molecule has 3 aromatic carbocycles. The lowest BCUT2D eigenvalue weighted by Gasteiger charge is -2.40. The number of halogens is 3. The van der Waals surface area contributed by atoms with Crippen molar-refractivity contribution in [1.29, 1.82) is 0 Å². The number of benzene rings is 3. The number of amides is 2. The van der Waals surface area contributed by atoms with Crippen molar-refractivity contribution in [3.05, 3.63) is 93.2 Å². The fourth-order valence-electron chi connectivity index (χ4n) is 5.59. The number of nitrogens with one attached hydrogen (secondary N) is 3. The number of anilines is 2. The highest BCUT2D eigenvalue weighted by molar-refractivity contribution is 6.31. The molecule has 6 nitrogen and oxygen atoms in total. The molecule has 2 atom stereocenters. The molecule has 4 rings (SSSR count). The molecule has 216 valence electrons. The van der Waals surface area contributed by atoms with E-state index in [9.17, 15) is 14.4 Å². The van der Waals surface area contributed by atoms with Gasteiger partial charge in [-0.3, -0.25) is 19.7 Å². The van der Waals surface area contributed by atoms with E-state index in [1.54, 1.807) is 61.5 Å². The van der Waals surface area contributed by atoms with Crippen molar-refractivity contribution in [2.24, 2.45) is 0 Å². The van der Waals surface area contributed by atoms with Crippen molar-refractivity contribution in [2.75, 3.05) is 10.6 Å². The van der Waals surface area contributed by atoms with E-state index in [1.165, 1.54) is 6.07 Å². The quantitative estimate of drug-likeness (QED) is 0.156. The molecule has 1 aliphatic carbocycles. The Balaban J connectivity index is 1.85. The largest absolute Gasteiger partial charge is 0.328 e.